The number of fused-ring (bicyclic) bond motifs is 1. The van der Waals surface area contributed by atoms with E-state index in [0.29, 0.717) is 24.4 Å². The summed E-state index contributed by atoms with van der Waals surface area (Å²) in [5.41, 5.74) is 3.12. The summed E-state index contributed by atoms with van der Waals surface area (Å²) >= 11 is 0. The summed E-state index contributed by atoms with van der Waals surface area (Å²) in [6.07, 6.45) is 6.26. The van der Waals surface area contributed by atoms with Crippen molar-refractivity contribution in [2.45, 2.75) is 70.6 Å². The van der Waals surface area contributed by atoms with Crippen molar-refractivity contribution in [3.63, 3.8) is 0 Å². The monoisotopic (exact) mass is 437 g/mol. The van der Waals surface area contributed by atoms with Gasteiger partial charge in [0.05, 0.1) is 11.3 Å². The highest BCUT2D eigenvalue weighted by atomic mass is 19.1. The van der Waals surface area contributed by atoms with Gasteiger partial charge in [-0.05, 0) is 70.7 Å². The Morgan fingerprint density at radius 1 is 1.34 bits per heavy atom. The van der Waals surface area contributed by atoms with Gasteiger partial charge in [0.2, 0.25) is 5.95 Å². The molecule has 1 unspecified atom stereocenters. The van der Waals surface area contributed by atoms with Gasteiger partial charge in [-0.1, -0.05) is 6.58 Å². The Morgan fingerprint density at radius 3 is 2.84 bits per heavy atom. The van der Waals surface area contributed by atoms with Crippen molar-refractivity contribution in [1.82, 2.24) is 20.3 Å². The largest absolute Gasteiger partial charge is 0.390 e. The number of hydrogen-bond donors (Lipinski definition) is 4. The number of piperidine rings is 1. The van der Waals surface area contributed by atoms with Crippen LogP contribution in [0.4, 0.5) is 10.3 Å². The molecule has 0 spiro atoms. The maximum absolute atomic E-state index is 14.8. The number of aromatic amines is 1. The zero-order chi connectivity index (χ0) is 23.1. The van der Waals surface area contributed by atoms with Crippen LogP contribution in [0.25, 0.3) is 22.2 Å². The van der Waals surface area contributed by atoms with Crippen LogP contribution in [0.15, 0.2) is 42.9 Å². The predicted molar refractivity (Wildman–Crippen MR) is 127 cm³/mol. The Hall–Kier alpha value is -2.93. The summed E-state index contributed by atoms with van der Waals surface area (Å²) in [6, 6.07) is 5.39. The molecule has 0 radical (unpaired) electrons. The predicted octanol–water partition coefficient (Wildman–Crippen LogP) is 4.92. The molecule has 1 aliphatic rings. The van der Waals surface area contributed by atoms with E-state index in [1.165, 1.54) is 0 Å². The van der Waals surface area contributed by atoms with E-state index in [2.05, 4.69) is 41.0 Å². The van der Waals surface area contributed by atoms with Crippen molar-refractivity contribution in [3.05, 3.63) is 54.2 Å². The lowest BCUT2D eigenvalue weighted by Gasteiger charge is -2.38. The Morgan fingerprint density at radius 2 is 2.12 bits per heavy atom. The number of aliphatic hydroxyl groups is 1. The topological polar surface area (TPSA) is 85.9 Å². The molecule has 3 aromatic rings. The minimum absolute atomic E-state index is 0.0398. The fraction of sp³-hybridized carbons (Fsp3) is 0.440. The summed E-state index contributed by atoms with van der Waals surface area (Å²) in [5.74, 6) is 0.278. The van der Waals surface area contributed by atoms with Crippen molar-refractivity contribution in [2.24, 2.45) is 0 Å². The van der Waals surface area contributed by atoms with Crippen LogP contribution < -0.4 is 10.6 Å². The van der Waals surface area contributed by atoms with Crippen LogP contribution in [0.1, 0.15) is 52.5 Å². The van der Waals surface area contributed by atoms with Gasteiger partial charge in [0.1, 0.15) is 5.82 Å². The number of aromatic nitrogens is 3. The van der Waals surface area contributed by atoms with Crippen LogP contribution >= 0.6 is 0 Å². The Bertz CT molecular complexity index is 1140. The molecule has 32 heavy (non-hydrogen) atoms. The third-order valence-corrected chi connectivity index (χ3v) is 5.88. The standard InChI is InChI=1S/C25H32FN5O/c1-15-10-17(13-24(2,3)31-15)29-23-27-9-7-21(30-23)19-14-28-22-11-16(6-8-25(4,5)32)20(26)12-18(19)22/h7,9,11-12,14,17,28,31-32H,1,6,8,10,13H2,2-5H3,(H,27,29,30). The summed E-state index contributed by atoms with van der Waals surface area (Å²) in [6.45, 7) is 11.9. The lowest BCUT2D eigenvalue weighted by atomic mass is 9.88. The van der Waals surface area contributed by atoms with Crippen molar-refractivity contribution in [3.8, 4) is 11.3 Å². The van der Waals surface area contributed by atoms with Crippen LogP contribution in [-0.2, 0) is 6.42 Å². The van der Waals surface area contributed by atoms with Crippen molar-refractivity contribution in [1.29, 1.82) is 0 Å². The minimum atomic E-state index is -0.831. The Balaban J connectivity index is 1.58. The molecule has 1 saturated heterocycles. The normalized spacial score (nSPS) is 18.6. The van der Waals surface area contributed by atoms with Gasteiger partial charge in [-0.3, -0.25) is 0 Å². The summed E-state index contributed by atoms with van der Waals surface area (Å²) < 4.78 is 14.8. The average molecular weight is 438 g/mol. The lowest BCUT2D eigenvalue weighted by molar-refractivity contribution is 0.0712. The van der Waals surface area contributed by atoms with Gasteiger partial charge in [-0.15, -0.1) is 0 Å². The molecule has 170 valence electrons. The van der Waals surface area contributed by atoms with Crippen LogP contribution in [-0.4, -0.2) is 37.2 Å². The van der Waals surface area contributed by atoms with E-state index in [9.17, 15) is 9.50 Å². The molecule has 0 aliphatic carbocycles. The van der Waals surface area contributed by atoms with Crippen molar-refractivity contribution < 1.29 is 9.50 Å². The number of nitrogens with zero attached hydrogens (tertiary/aromatic N) is 2. The molecule has 1 aromatic carbocycles. The first-order valence-electron chi connectivity index (χ1n) is 11.1. The van der Waals surface area contributed by atoms with Gasteiger partial charge in [0.15, 0.2) is 0 Å². The molecule has 0 bridgehead atoms. The molecular formula is C25H32FN5O. The van der Waals surface area contributed by atoms with E-state index in [1.54, 1.807) is 26.1 Å². The zero-order valence-corrected chi connectivity index (χ0v) is 19.2. The molecule has 3 heterocycles. The maximum atomic E-state index is 14.8. The number of rotatable bonds is 6. The third kappa shape index (κ3) is 5.10. The average Bonchev–Trinajstić information content (AvgIpc) is 3.06. The summed E-state index contributed by atoms with van der Waals surface area (Å²) in [4.78, 5) is 12.3. The fourth-order valence-corrected chi connectivity index (χ4v) is 4.46. The minimum Gasteiger partial charge on any atom is -0.390 e. The SMILES string of the molecule is C=C1CC(Nc2nccc(-c3c[nH]c4cc(CCC(C)(C)O)c(F)cc34)n2)CC(C)(C)N1. The van der Waals surface area contributed by atoms with E-state index < -0.39 is 5.60 Å². The van der Waals surface area contributed by atoms with E-state index in [-0.39, 0.29) is 17.4 Å². The van der Waals surface area contributed by atoms with Gasteiger partial charge >= 0.3 is 0 Å². The number of aryl methyl sites for hydroxylation is 1. The highest BCUT2D eigenvalue weighted by Gasteiger charge is 2.29. The molecule has 1 atom stereocenters. The van der Waals surface area contributed by atoms with Gasteiger partial charge in [0, 0.05) is 52.6 Å². The molecule has 0 saturated carbocycles. The molecule has 4 N–H and O–H groups in total. The molecule has 7 heteroatoms. The quantitative estimate of drug-likeness (QED) is 0.440. The van der Waals surface area contributed by atoms with Crippen LogP contribution in [0.2, 0.25) is 0 Å². The second-order valence-corrected chi connectivity index (χ2v) is 10.1. The lowest BCUT2D eigenvalue weighted by Crippen LogP contribution is -2.48. The van der Waals surface area contributed by atoms with Crippen molar-refractivity contribution >= 4 is 16.9 Å². The van der Waals surface area contributed by atoms with E-state index in [1.807, 2.05) is 18.3 Å². The first-order chi connectivity index (χ1) is 15.0. The molecule has 1 aliphatic heterocycles. The van der Waals surface area contributed by atoms with Gasteiger partial charge in [0.25, 0.3) is 0 Å². The number of nitrogens with one attached hydrogen (secondary N) is 3. The molecule has 0 amide bonds. The Kier molecular flexibility index (Phi) is 5.71. The van der Waals surface area contributed by atoms with Crippen LogP contribution in [0.5, 0.6) is 0 Å². The second-order valence-electron chi connectivity index (χ2n) is 10.1. The number of anilines is 1. The number of hydrogen-bond acceptors (Lipinski definition) is 5. The smallest absolute Gasteiger partial charge is 0.223 e. The summed E-state index contributed by atoms with van der Waals surface area (Å²) in [7, 11) is 0. The second kappa shape index (κ2) is 8.20. The Labute approximate surface area is 188 Å². The maximum Gasteiger partial charge on any atom is 0.223 e. The molecule has 1 fully saturated rings. The molecular weight excluding hydrogens is 405 g/mol. The molecule has 2 aromatic heterocycles. The van der Waals surface area contributed by atoms with Crippen LogP contribution in [0, 0.1) is 5.82 Å². The first kappa shape index (κ1) is 22.3. The number of benzene rings is 1. The number of H-pyrrole nitrogens is 1. The number of halogens is 1. The van der Waals surface area contributed by atoms with Gasteiger partial charge in [-0.2, -0.15) is 0 Å². The molecule has 6 nitrogen and oxygen atoms in total. The van der Waals surface area contributed by atoms with Crippen molar-refractivity contribution in [2.75, 3.05) is 5.32 Å². The van der Waals surface area contributed by atoms with E-state index in [4.69, 9.17) is 4.98 Å². The highest BCUT2D eigenvalue weighted by Crippen LogP contribution is 2.31. The zero-order valence-electron chi connectivity index (χ0n) is 19.2. The summed E-state index contributed by atoms with van der Waals surface area (Å²) in [5, 5.41) is 17.6. The van der Waals surface area contributed by atoms with E-state index in [0.717, 1.165) is 40.7 Å². The fourth-order valence-electron chi connectivity index (χ4n) is 4.46. The van der Waals surface area contributed by atoms with Crippen LogP contribution in [0.3, 0.4) is 0 Å². The third-order valence-electron chi connectivity index (χ3n) is 5.88. The highest BCUT2D eigenvalue weighted by molar-refractivity contribution is 5.95. The van der Waals surface area contributed by atoms with E-state index >= 15 is 0 Å². The first-order valence-corrected chi connectivity index (χ1v) is 11.1. The molecule has 4 rings (SSSR count). The van der Waals surface area contributed by atoms with Gasteiger partial charge in [-0.25, -0.2) is 14.4 Å². The van der Waals surface area contributed by atoms with Gasteiger partial charge < -0.3 is 20.7 Å².